The van der Waals surface area contributed by atoms with Gasteiger partial charge in [-0.3, -0.25) is 29.3 Å². The van der Waals surface area contributed by atoms with Gasteiger partial charge in [-0.1, -0.05) is 72.1 Å². The lowest BCUT2D eigenvalue weighted by Gasteiger charge is -2.40. The van der Waals surface area contributed by atoms with Crippen LogP contribution in [0.2, 0.25) is 0 Å². The third-order valence-electron chi connectivity index (χ3n) is 18.1. The SMILES string of the molecule is CC1C(OCCCCCCC(=O)CCCCCC(=O)CCOCC(COCCC(=O)CCCCCC(=O)CCCCCCOC2OC(CO)C(O)C(O)C2C)(COC(=O)NCCCNC(=O)CCCCCCOC2OC(CO)C(O)C(O)C2C)NC(C)(C)C)OC(CO)C(O)C1O. The van der Waals surface area contributed by atoms with Gasteiger partial charge in [-0.15, -0.1) is 0 Å². The summed E-state index contributed by atoms with van der Waals surface area (Å²) in [6, 6.07) is 0. The van der Waals surface area contributed by atoms with Crippen molar-refractivity contribution in [2.45, 2.75) is 306 Å². The van der Waals surface area contributed by atoms with Crippen LogP contribution in [0.15, 0.2) is 0 Å². The summed E-state index contributed by atoms with van der Waals surface area (Å²) in [6.07, 6.45) is 4.80. The van der Waals surface area contributed by atoms with Gasteiger partial charge in [0, 0.05) is 114 Å². The lowest BCUT2D eigenvalue weighted by atomic mass is 9.92. The number of ether oxygens (including phenoxy) is 9. The minimum absolute atomic E-state index is 0.00111. The van der Waals surface area contributed by atoms with E-state index in [1.165, 1.54) is 0 Å². The van der Waals surface area contributed by atoms with E-state index in [1.54, 1.807) is 20.8 Å². The van der Waals surface area contributed by atoms with Crippen LogP contribution in [0.25, 0.3) is 0 Å². The number of Topliss-reactive ketones (excluding diaryl/α,β-unsaturated/α-hetero) is 4. The summed E-state index contributed by atoms with van der Waals surface area (Å²) in [5.41, 5.74) is -1.63. The monoisotopic (exact) mass is 1390 g/mol. The second-order valence-corrected chi connectivity index (χ2v) is 28.0. The number of nitrogens with one attached hydrogen (secondary N) is 3. The van der Waals surface area contributed by atoms with Crippen molar-refractivity contribution < 1.29 is 117 Å². The molecule has 15 atom stereocenters. The van der Waals surface area contributed by atoms with Crippen molar-refractivity contribution in [3.63, 3.8) is 0 Å². The van der Waals surface area contributed by atoms with Crippen molar-refractivity contribution in [1.29, 1.82) is 0 Å². The Morgan fingerprint density at radius 3 is 1.02 bits per heavy atom. The normalized spacial score (nSPS) is 26.7. The van der Waals surface area contributed by atoms with Crippen molar-refractivity contribution in [1.82, 2.24) is 16.0 Å². The van der Waals surface area contributed by atoms with E-state index in [1.807, 2.05) is 20.8 Å². The van der Waals surface area contributed by atoms with Crippen molar-refractivity contribution >= 4 is 35.1 Å². The van der Waals surface area contributed by atoms with E-state index in [9.17, 15) is 74.7 Å². The molecule has 0 spiro atoms. The molecule has 0 aromatic rings. The van der Waals surface area contributed by atoms with Gasteiger partial charge in [0.25, 0.3) is 0 Å². The highest BCUT2D eigenvalue weighted by molar-refractivity contribution is 5.79. The lowest BCUT2D eigenvalue weighted by Crippen LogP contribution is -2.62. The number of carbonyl (C=O) groups excluding carboxylic acids is 6. The zero-order chi connectivity index (χ0) is 71.6. The molecule has 0 radical (unpaired) electrons. The number of aliphatic hydroxyl groups excluding tert-OH is 9. The fourth-order valence-corrected chi connectivity index (χ4v) is 12.1. The first kappa shape index (κ1) is 87.9. The molecule has 15 unspecified atom stereocenters. The molecule has 27 heteroatoms. The second kappa shape index (κ2) is 50.1. The third kappa shape index (κ3) is 36.4. The largest absolute Gasteiger partial charge is 0.447 e. The molecule has 3 rings (SSSR count). The van der Waals surface area contributed by atoms with Gasteiger partial charge in [-0.2, -0.15) is 0 Å². The van der Waals surface area contributed by atoms with E-state index in [2.05, 4.69) is 16.0 Å². The number of amides is 2. The highest BCUT2D eigenvalue weighted by atomic mass is 16.7. The summed E-state index contributed by atoms with van der Waals surface area (Å²) in [5, 5.41) is 98.3. The molecule has 27 nitrogen and oxygen atoms in total. The summed E-state index contributed by atoms with van der Waals surface area (Å²) in [6.45, 7) is 11.4. The molecule has 3 heterocycles. The number of hydrogen-bond acceptors (Lipinski definition) is 25. The topological polar surface area (TPSA) is 404 Å². The molecule has 97 heavy (non-hydrogen) atoms. The van der Waals surface area contributed by atoms with Crippen molar-refractivity contribution in [3.8, 4) is 0 Å². The Hall–Kier alpha value is -3.30. The predicted molar refractivity (Wildman–Crippen MR) is 358 cm³/mol. The molecule has 3 fully saturated rings. The molecular formula is C70H127N3O24. The Labute approximate surface area is 576 Å². The maximum atomic E-state index is 13.2. The Bertz CT molecular complexity index is 2060. The predicted octanol–water partition coefficient (Wildman–Crippen LogP) is 4.46. The molecule has 0 saturated carbocycles. The quantitative estimate of drug-likeness (QED) is 0.0374. The lowest BCUT2D eigenvalue weighted by molar-refractivity contribution is -0.282. The van der Waals surface area contributed by atoms with Crippen molar-refractivity contribution in [2.24, 2.45) is 17.8 Å². The Morgan fingerprint density at radius 1 is 0.371 bits per heavy atom. The molecule has 2 amide bonds. The molecule has 0 bridgehead atoms. The second-order valence-electron chi connectivity index (χ2n) is 28.0. The molecule has 3 aliphatic heterocycles. The van der Waals surface area contributed by atoms with E-state index < -0.39 is 129 Å². The summed E-state index contributed by atoms with van der Waals surface area (Å²) < 4.78 is 52.2. The Kier molecular flexibility index (Phi) is 45.4. The van der Waals surface area contributed by atoms with Crippen LogP contribution in [0.5, 0.6) is 0 Å². The van der Waals surface area contributed by atoms with Gasteiger partial charge in [0.15, 0.2) is 18.9 Å². The van der Waals surface area contributed by atoms with E-state index in [-0.39, 0.29) is 81.5 Å². The maximum absolute atomic E-state index is 13.2. The van der Waals surface area contributed by atoms with E-state index in [0.29, 0.717) is 116 Å². The minimum atomic E-state index is -1.19. The first-order chi connectivity index (χ1) is 46.3. The van der Waals surface area contributed by atoms with E-state index in [4.69, 9.17) is 42.6 Å². The standard InChI is InChI=1S/C70H127N3O24/c1-48-59(82)62(85)55(42-74)95-65(48)91-37-22-10-7-15-26-51(77)28-17-13-19-30-53(79)33-40-89-45-70(73-69(4,5)6,47-94-68(88)72-36-25-35-71-58(81)32-21-9-12-24-39-93-67-50(3)61(84)64(87)57(44-76)97-67)46-90-41-34-54(80)31-20-14-18-29-52(78)27-16-8-11-23-38-92-66-49(2)60(83)63(86)56(43-75)96-66/h48-50,55-57,59-67,73-76,82-87H,7-47H2,1-6H3,(H,71,81)(H,72,88). The molecule has 12 N–H and O–H groups in total. The fraction of sp³-hybridized carbons (Fsp3) is 0.914. The van der Waals surface area contributed by atoms with Gasteiger partial charge < -0.3 is 99.2 Å². The van der Waals surface area contributed by atoms with Crippen LogP contribution in [0, 0.1) is 17.8 Å². The summed E-state index contributed by atoms with van der Waals surface area (Å²) in [5.74, 6) is -1.06. The van der Waals surface area contributed by atoms with Crippen LogP contribution in [0.3, 0.4) is 0 Å². The van der Waals surface area contributed by atoms with Gasteiger partial charge in [0.1, 0.15) is 71.9 Å². The van der Waals surface area contributed by atoms with Crippen LogP contribution in [-0.2, 0) is 66.6 Å². The zero-order valence-electron chi connectivity index (χ0n) is 59.3. The van der Waals surface area contributed by atoms with Crippen molar-refractivity contribution in [2.75, 3.05) is 85.8 Å². The number of ketones is 4. The minimum Gasteiger partial charge on any atom is -0.447 e. The zero-order valence-corrected chi connectivity index (χ0v) is 59.3. The molecule has 3 saturated heterocycles. The van der Waals surface area contributed by atoms with Crippen LogP contribution < -0.4 is 16.0 Å². The molecule has 0 aromatic heterocycles. The summed E-state index contributed by atoms with van der Waals surface area (Å²) >= 11 is 0. The highest BCUT2D eigenvalue weighted by Crippen LogP contribution is 2.30. The number of rotatable bonds is 56. The summed E-state index contributed by atoms with van der Waals surface area (Å²) in [4.78, 5) is 76.9. The molecule has 0 aromatic carbocycles. The van der Waals surface area contributed by atoms with Gasteiger partial charge in [-0.25, -0.2) is 4.79 Å². The maximum Gasteiger partial charge on any atom is 0.407 e. The molecule has 3 aliphatic rings. The van der Waals surface area contributed by atoms with Gasteiger partial charge >= 0.3 is 6.09 Å². The highest BCUT2D eigenvalue weighted by Gasteiger charge is 2.45. The Balaban J connectivity index is 1.37. The Morgan fingerprint density at radius 2 is 0.680 bits per heavy atom. The molecular weight excluding hydrogens is 1270 g/mol. The van der Waals surface area contributed by atoms with E-state index in [0.717, 1.165) is 77.0 Å². The van der Waals surface area contributed by atoms with Crippen molar-refractivity contribution in [3.05, 3.63) is 0 Å². The third-order valence-corrected chi connectivity index (χ3v) is 18.1. The molecule has 0 aliphatic carbocycles. The number of aliphatic hydroxyl groups is 9. The van der Waals surface area contributed by atoms with Crippen LogP contribution in [0.4, 0.5) is 4.79 Å². The number of hydrogen-bond donors (Lipinski definition) is 12. The average molecular weight is 1390 g/mol. The first-order valence-corrected chi connectivity index (χ1v) is 36.3. The number of carbonyl (C=O) groups is 6. The van der Waals surface area contributed by atoms with Crippen LogP contribution in [-0.4, -0.2) is 252 Å². The molecule has 566 valence electrons. The van der Waals surface area contributed by atoms with Gasteiger partial charge in [-0.05, 0) is 91.4 Å². The number of alkyl carbamates (subject to hydrolysis) is 1. The average Bonchev–Trinajstić information content (AvgIpc) is 0.858. The van der Waals surface area contributed by atoms with Gasteiger partial charge in [0.05, 0.1) is 64.6 Å². The van der Waals surface area contributed by atoms with E-state index >= 15 is 0 Å². The fourth-order valence-electron chi connectivity index (χ4n) is 12.1. The number of unbranched alkanes of at least 4 members (excludes halogenated alkanes) is 13. The van der Waals surface area contributed by atoms with Crippen LogP contribution >= 0.6 is 0 Å². The van der Waals surface area contributed by atoms with Crippen LogP contribution in [0.1, 0.15) is 221 Å². The smallest absolute Gasteiger partial charge is 0.407 e. The van der Waals surface area contributed by atoms with Gasteiger partial charge in [0.2, 0.25) is 5.91 Å². The summed E-state index contributed by atoms with van der Waals surface area (Å²) in [7, 11) is 0. The first-order valence-electron chi connectivity index (χ1n) is 36.3.